The third-order valence-electron chi connectivity index (χ3n) is 4.74. The molecule has 0 amide bonds. The van der Waals surface area contributed by atoms with Gasteiger partial charge in [0.15, 0.2) is 5.75 Å². The van der Waals surface area contributed by atoms with Crippen LogP contribution < -0.4 is 5.90 Å². The minimum absolute atomic E-state index is 0.0781. The largest absolute Gasteiger partial charge is 0.449 e. The maximum atomic E-state index is 12.0. The van der Waals surface area contributed by atoms with Crippen LogP contribution in [-0.4, -0.2) is 11.5 Å². The quantitative estimate of drug-likeness (QED) is 0.575. The molecule has 2 bridgehead atoms. The van der Waals surface area contributed by atoms with E-state index in [1.54, 1.807) is 0 Å². The SMILES string of the molecule is CC1(C)C2CCC1(C[S+]([O])(=O)O[NH3+])C(=O)C2. The topological polar surface area (TPSA) is 90.9 Å². The second-order valence-corrected chi connectivity index (χ2v) is 7.13. The Balaban J connectivity index is 2.36. The first kappa shape index (κ1) is 12.2. The summed E-state index contributed by atoms with van der Waals surface area (Å²) in [5, 5.41) is 0. The molecule has 0 aromatic rings. The van der Waals surface area contributed by atoms with Gasteiger partial charge < -0.3 is 0 Å². The molecule has 3 unspecified atom stereocenters. The second kappa shape index (κ2) is 3.35. The van der Waals surface area contributed by atoms with E-state index in [9.17, 15) is 13.6 Å². The third kappa shape index (κ3) is 1.40. The molecule has 2 aliphatic carbocycles. The highest BCUT2D eigenvalue weighted by molar-refractivity contribution is 7.92. The summed E-state index contributed by atoms with van der Waals surface area (Å²) in [7, 11) is -3.68. The Morgan fingerprint density at radius 1 is 1.56 bits per heavy atom. The van der Waals surface area contributed by atoms with Gasteiger partial charge in [-0.15, -0.1) is 0 Å². The van der Waals surface area contributed by atoms with Crippen LogP contribution >= 0.6 is 0 Å². The molecule has 0 aromatic heterocycles. The zero-order chi connectivity index (χ0) is 12.2. The van der Waals surface area contributed by atoms with Crippen LogP contribution in [0, 0.1) is 16.7 Å². The number of carbonyl (C=O) groups excluding carboxylic acids is 1. The number of fused-ring (bicyclic) bond motifs is 2. The lowest BCUT2D eigenvalue weighted by atomic mass is 9.70. The molecule has 2 fully saturated rings. The fourth-order valence-electron chi connectivity index (χ4n) is 3.45. The normalized spacial score (nSPS) is 40.0. The van der Waals surface area contributed by atoms with Gasteiger partial charge in [-0.25, -0.2) is 0 Å². The standard InChI is InChI=1S/C10H18NO4S/c1-9(2)7-3-4-10(9,8(12)5-7)6-16(13,14)15-11/h7H,3-6H2,1-2,11H3/q+2. The molecule has 5 nitrogen and oxygen atoms in total. The van der Waals surface area contributed by atoms with Crippen molar-refractivity contribution >= 4 is 16.3 Å². The van der Waals surface area contributed by atoms with E-state index in [1.807, 2.05) is 13.8 Å². The van der Waals surface area contributed by atoms with Crippen molar-refractivity contribution in [1.82, 2.24) is 0 Å². The van der Waals surface area contributed by atoms with Crippen LogP contribution in [0.15, 0.2) is 0 Å². The predicted molar refractivity (Wildman–Crippen MR) is 56.1 cm³/mol. The first-order valence-corrected chi connectivity index (χ1v) is 7.02. The Bertz CT molecular complexity index is 381. The van der Waals surface area contributed by atoms with E-state index in [2.05, 4.69) is 10.2 Å². The maximum Gasteiger partial charge on any atom is 0.449 e. The monoisotopic (exact) mass is 248 g/mol. The van der Waals surface area contributed by atoms with Crippen LogP contribution in [0.2, 0.25) is 0 Å². The molecule has 2 rings (SSSR count). The molecule has 3 N–H and O–H groups in total. The van der Waals surface area contributed by atoms with Crippen LogP contribution in [0.1, 0.15) is 33.1 Å². The predicted octanol–water partition coefficient (Wildman–Crippen LogP) is 0.315. The zero-order valence-electron chi connectivity index (χ0n) is 9.65. The van der Waals surface area contributed by atoms with E-state index < -0.39 is 15.9 Å². The summed E-state index contributed by atoms with van der Waals surface area (Å²) in [6, 6.07) is 0. The fourth-order valence-corrected chi connectivity index (χ4v) is 4.82. The summed E-state index contributed by atoms with van der Waals surface area (Å²) in [6.45, 7) is 3.99. The number of Topliss-reactive ketones (excluding diaryl/α,β-unsaturated/α-hetero) is 1. The van der Waals surface area contributed by atoms with Gasteiger partial charge in [0.05, 0.1) is 9.97 Å². The molecular formula is C10H18NO4S+2. The summed E-state index contributed by atoms with van der Waals surface area (Å²) in [5.41, 5.74) is -0.982. The molecular weight excluding hydrogens is 230 g/mol. The number of rotatable bonds is 3. The Kier molecular flexibility index (Phi) is 2.55. The smallest absolute Gasteiger partial charge is 0.299 e. The van der Waals surface area contributed by atoms with Crippen molar-refractivity contribution in [2.75, 3.05) is 5.75 Å². The van der Waals surface area contributed by atoms with Crippen LogP contribution in [-0.2, 0) is 28.3 Å². The average molecular weight is 248 g/mol. The maximum absolute atomic E-state index is 12.0. The highest BCUT2D eigenvalue weighted by Crippen LogP contribution is 2.64. The molecule has 91 valence electrons. The van der Waals surface area contributed by atoms with Crippen LogP contribution in [0.4, 0.5) is 0 Å². The van der Waals surface area contributed by atoms with Crippen molar-refractivity contribution in [3.05, 3.63) is 0 Å². The fraction of sp³-hybridized carbons (Fsp3) is 0.900. The van der Waals surface area contributed by atoms with Crippen molar-refractivity contribution in [3.8, 4) is 0 Å². The van der Waals surface area contributed by atoms with E-state index in [0.717, 1.165) is 6.42 Å². The lowest BCUT2D eigenvalue weighted by Gasteiger charge is -2.33. The van der Waals surface area contributed by atoms with Gasteiger partial charge >= 0.3 is 10.5 Å². The molecule has 0 spiro atoms. The third-order valence-corrected chi connectivity index (χ3v) is 5.95. The summed E-state index contributed by atoms with van der Waals surface area (Å²) in [6.07, 6.45) is 2.11. The summed E-state index contributed by atoms with van der Waals surface area (Å²) < 4.78 is 27.3. The Hall–Kier alpha value is -0.300. The molecule has 0 heterocycles. The first-order chi connectivity index (χ1) is 7.25. The second-order valence-electron chi connectivity index (χ2n) is 5.49. The molecule has 1 radical (unpaired) electrons. The Morgan fingerprint density at radius 3 is 2.56 bits per heavy atom. The molecule has 0 aromatic carbocycles. The number of hydrogen-bond donors (Lipinski definition) is 1. The van der Waals surface area contributed by atoms with Crippen LogP contribution in [0.25, 0.3) is 0 Å². The van der Waals surface area contributed by atoms with Crippen molar-refractivity contribution in [2.45, 2.75) is 33.1 Å². The van der Waals surface area contributed by atoms with E-state index in [-0.39, 0.29) is 17.0 Å². The molecule has 2 aliphatic rings. The summed E-state index contributed by atoms with van der Waals surface area (Å²) >= 11 is 0. The minimum atomic E-state index is -3.68. The molecule has 2 saturated carbocycles. The lowest BCUT2D eigenvalue weighted by molar-refractivity contribution is -0.637. The number of hydrogen-bond acceptors (Lipinski definition) is 3. The van der Waals surface area contributed by atoms with Crippen molar-refractivity contribution in [3.63, 3.8) is 0 Å². The van der Waals surface area contributed by atoms with Gasteiger partial charge in [-0.1, -0.05) is 13.8 Å². The van der Waals surface area contributed by atoms with E-state index in [4.69, 9.17) is 0 Å². The average Bonchev–Trinajstić information content (AvgIpc) is 2.51. The summed E-state index contributed by atoms with van der Waals surface area (Å²) in [5.74, 6) is 3.13. The Labute approximate surface area is 96.1 Å². The van der Waals surface area contributed by atoms with E-state index >= 15 is 0 Å². The highest BCUT2D eigenvalue weighted by atomic mass is 32.3. The number of carbonyl (C=O) groups is 1. The van der Waals surface area contributed by atoms with Gasteiger partial charge in [-0.05, 0) is 28.4 Å². The summed E-state index contributed by atoms with van der Waals surface area (Å²) in [4.78, 5) is 12.0. The van der Waals surface area contributed by atoms with Crippen LogP contribution in [0.3, 0.4) is 0 Å². The lowest BCUT2D eigenvalue weighted by Crippen LogP contribution is -2.56. The van der Waals surface area contributed by atoms with Gasteiger partial charge in [0.2, 0.25) is 0 Å². The van der Waals surface area contributed by atoms with Crippen molar-refractivity contribution < 1.29 is 23.7 Å². The van der Waals surface area contributed by atoms with Gasteiger partial charge in [-0.2, -0.15) is 5.90 Å². The molecule has 6 heteroatoms. The number of quaternary nitrogens is 1. The van der Waals surface area contributed by atoms with E-state index in [1.165, 1.54) is 0 Å². The Morgan fingerprint density at radius 2 is 2.19 bits per heavy atom. The first-order valence-electron chi connectivity index (χ1n) is 5.45. The molecule has 3 atom stereocenters. The van der Waals surface area contributed by atoms with E-state index in [0.29, 0.717) is 18.8 Å². The molecule has 0 saturated heterocycles. The van der Waals surface area contributed by atoms with Crippen molar-refractivity contribution in [2.24, 2.45) is 16.7 Å². The molecule has 16 heavy (non-hydrogen) atoms. The van der Waals surface area contributed by atoms with Gasteiger partial charge in [0.1, 0.15) is 5.78 Å². The zero-order valence-corrected chi connectivity index (χ0v) is 10.5. The van der Waals surface area contributed by atoms with Gasteiger partial charge in [0.25, 0.3) is 0 Å². The highest BCUT2D eigenvalue weighted by Gasteiger charge is 2.69. The minimum Gasteiger partial charge on any atom is -0.299 e. The molecule has 0 aliphatic heterocycles. The number of ketones is 1. The van der Waals surface area contributed by atoms with Gasteiger partial charge in [-0.3, -0.25) is 4.79 Å². The van der Waals surface area contributed by atoms with Crippen molar-refractivity contribution in [1.29, 1.82) is 0 Å². The van der Waals surface area contributed by atoms with Crippen LogP contribution in [0.5, 0.6) is 0 Å². The van der Waals surface area contributed by atoms with Gasteiger partial charge in [0, 0.05) is 10.7 Å².